The van der Waals surface area contributed by atoms with Gasteiger partial charge in [-0.3, -0.25) is 4.79 Å². The third kappa shape index (κ3) is 8.23. The van der Waals surface area contributed by atoms with Crippen LogP contribution in [-0.2, 0) is 19.0 Å². The van der Waals surface area contributed by atoms with Gasteiger partial charge in [0, 0.05) is 30.6 Å². The summed E-state index contributed by atoms with van der Waals surface area (Å²) >= 11 is 0. The highest BCUT2D eigenvalue weighted by Gasteiger charge is 2.53. The van der Waals surface area contributed by atoms with E-state index in [9.17, 15) is 25.2 Å². The highest BCUT2D eigenvalue weighted by Crippen LogP contribution is 2.36. The molecule has 0 aromatic carbocycles. The van der Waals surface area contributed by atoms with Crippen molar-refractivity contribution in [3.05, 3.63) is 11.8 Å². The summed E-state index contributed by atoms with van der Waals surface area (Å²) in [6.07, 6.45) is -1.99. The number of hydrogen-bond donors (Lipinski definition) is 11. The van der Waals surface area contributed by atoms with Crippen LogP contribution in [0, 0.1) is 5.92 Å². The second kappa shape index (κ2) is 15.2. The van der Waals surface area contributed by atoms with Crippen LogP contribution in [0.3, 0.4) is 0 Å². The molecule has 14 N–H and O–H groups in total. The third-order valence-corrected chi connectivity index (χ3v) is 9.21. The van der Waals surface area contributed by atoms with E-state index in [0.717, 1.165) is 25.9 Å². The molecule has 2 unspecified atom stereocenters. The molecule has 1 saturated carbocycles. The van der Waals surface area contributed by atoms with Gasteiger partial charge in [-0.15, -0.1) is 0 Å². The van der Waals surface area contributed by atoms with Crippen molar-refractivity contribution in [1.29, 1.82) is 0 Å². The number of ether oxygens (including phenoxy) is 3. The van der Waals surface area contributed by atoms with Gasteiger partial charge in [0.15, 0.2) is 6.29 Å². The second-order valence-electron chi connectivity index (χ2n) is 12.6. The molecule has 15 heteroatoms. The summed E-state index contributed by atoms with van der Waals surface area (Å²) in [5.41, 5.74) is 17.3. The Bertz CT molecular complexity index is 939. The molecule has 0 aromatic rings. The Kier molecular flexibility index (Phi) is 12.2. The predicted molar refractivity (Wildman–Crippen MR) is 157 cm³/mol. The second-order valence-corrected chi connectivity index (χ2v) is 12.6. The average molecular weight is 616 g/mol. The van der Waals surface area contributed by atoms with Gasteiger partial charge in [0.1, 0.15) is 35.8 Å². The van der Waals surface area contributed by atoms with Crippen LogP contribution in [-0.4, -0.2) is 139 Å². The summed E-state index contributed by atoms with van der Waals surface area (Å²) in [6, 6.07) is -2.32. The Hall–Kier alpha value is -1.47. The summed E-state index contributed by atoms with van der Waals surface area (Å²) in [7, 11) is 1.60. The summed E-state index contributed by atoms with van der Waals surface area (Å²) < 4.78 is 18.3. The number of carbonyl (C=O) groups excluding carboxylic acids is 1. The monoisotopic (exact) mass is 615 g/mol. The van der Waals surface area contributed by atoms with Gasteiger partial charge in [0.2, 0.25) is 5.91 Å². The topological polar surface area (TPSA) is 252 Å². The SMILES string of the molecule is CN[C@@H]1[C@@H](O)[C@@H](O[C@@H]2[C@@H](O)[C@H](C3OC(CNCC4CCCN4)=CC[C@H]3N)[C@@H](N)C[C@H]2NC(=O)[C@@H](O)CCN)OC[C@]1(C)O. The van der Waals surface area contributed by atoms with Crippen LogP contribution in [0.4, 0.5) is 0 Å². The fourth-order valence-corrected chi connectivity index (χ4v) is 6.83. The zero-order valence-electron chi connectivity index (χ0n) is 25.2. The lowest BCUT2D eigenvalue weighted by atomic mass is 9.72. The summed E-state index contributed by atoms with van der Waals surface area (Å²) in [5.74, 6) is -0.653. The van der Waals surface area contributed by atoms with Crippen LogP contribution in [0.1, 0.15) is 39.0 Å². The minimum atomic E-state index is -1.38. The van der Waals surface area contributed by atoms with Crippen LogP contribution >= 0.6 is 0 Å². The molecular formula is C28H53N7O8. The molecule has 3 fully saturated rings. The van der Waals surface area contributed by atoms with Gasteiger partial charge in [-0.2, -0.15) is 0 Å². The predicted octanol–water partition coefficient (Wildman–Crippen LogP) is -4.33. The van der Waals surface area contributed by atoms with Gasteiger partial charge in [-0.05, 0) is 65.2 Å². The van der Waals surface area contributed by atoms with E-state index in [2.05, 4.69) is 21.3 Å². The van der Waals surface area contributed by atoms with E-state index in [1.54, 1.807) is 7.05 Å². The van der Waals surface area contributed by atoms with E-state index in [0.29, 0.717) is 24.8 Å². The van der Waals surface area contributed by atoms with Gasteiger partial charge in [-0.25, -0.2) is 0 Å². The number of hydrogen-bond acceptors (Lipinski definition) is 14. The van der Waals surface area contributed by atoms with E-state index < -0.39 is 78.4 Å². The first-order valence-corrected chi connectivity index (χ1v) is 15.5. The maximum Gasteiger partial charge on any atom is 0.249 e. The van der Waals surface area contributed by atoms with Crippen molar-refractivity contribution in [1.82, 2.24) is 21.3 Å². The number of likely N-dealkylation sites (N-methyl/N-ethyl adjacent to an activating group) is 1. The molecule has 2 saturated heterocycles. The van der Waals surface area contributed by atoms with Crippen LogP contribution in [0.15, 0.2) is 11.8 Å². The first kappa shape index (κ1) is 34.4. The Morgan fingerprint density at radius 3 is 2.72 bits per heavy atom. The van der Waals surface area contributed by atoms with Crippen molar-refractivity contribution in [2.24, 2.45) is 23.1 Å². The Morgan fingerprint density at radius 2 is 2.05 bits per heavy atom. The molecular weight excluding hydrogens is 562 g/mol. The van der Waals surface area contributed by atoms with Crippen LogP contribution < -0.4 is 38.5 Å². The van der Waals surface area contributed by atoms with Gasteiger partial charge >= 0.3 is 0 Å². The maximum absolute atomic E-state index is 12.8. The normalized spacial score (nSPS) is 42.6. The third-order valence-electron chi connectivity index (χ3n) is 9.21. The molecule has 1 amide bonds. The van der Waals surface area contributed by atoms with Gasteiger partial charge in [0.05, 0.1) is 31.3 Å². The Morgan fingerprint density at radius 1 is 1.28 bits per heavy atom. The van der Waals surface area contributed by atoms with E-state index in [1.807, 2.05) is 6.08 Å². The van der Waals surface area contributed by atoms with Crippen molar-refractivity contribution in [3.63, 3.8) is 0 Å². The number of aliphatic hydroxyl groups is 4. The lowest BCUT2D eigenvalue weighted by molar-refractivity contribution is -0.297. The number of carbonyl (C=O) groups is 1. The van der Waals surface area contributed by atoms with E-state index in [1.165, 1.54) is 6.92 Å². The molecule has 13 atom stereocenters. The zero-order chi connectivity index (χ0) is 31.3. The highest BCUT2D eigenvalue weighted by atomic mass is 16.7. The minimum absolute atomic E-state index is 0.0510. The molecule has 0 bridgehead atoms. The Labute approximate surface area is 253 Å². The molecule has 0 radical (unpaired) electrons. The quantitative estimate of drug-likeness (QED) is 0.0993. The highest BCUT2D eigenvalue weighted by molar-refractivity contribution is 5.80. The Balaban J connectivity index is 1.50. The summed E-state index contributed by atoms with van der Waals surface area (Å²) in [4.78, 5) is 12.8. The van der Waals surface area contributed by atoms with Crippen LogP contribution in [0.2, 0.25) is 0 Å². The van der Waals surface area contributed by atoms with Crippen molar-refractivity contribution in [3.8, 4) is 0 Å². The number of aliphatic hydroxyl groups excluding tert-OH is 3. The molecule has 4 rings (SSSR count). The smallest absolute Gasteiger partial charge is 0.249 e. The molecule has 0 aromatic heterocycles. The van der Waals surface area contributed by atoms with Crippen LogP contribution in [0.5, 0.6) is 0 Å². The van der Waals surface area contributed by atoms with Gasteiger partial charge < -0.3 is 73.1 Å². The molecule has 248 valence electrons. The molecule has 15 nitrogen and oxygen atoms in total. The maximum atomic E-state index is 12.8. The largest absolute Gasteiger partial charge is 0.492 e. The zero-order valence-corrected chi connectivity index (χ0v) is 25.2. The molecule has 3 aliphatic heterocycles. The summed E-state index contributed by atoms with van der Waals surface area (Å²) in [6.45, 7) is 3.83. The van der Waals surface area contributed by atoms with Crippen molar-refractivity contribution >= 4 is 5.91 Å². The number of rotatable bonds is 12. The van der Waals surface area contributed by atoms with E-state index in [4.69, 9.17) is 31.4 Å². The lowest BCUT2D eigenvalue weighted by Crippen LogP contribution is -2.69. The van der Waals surface area contributed by atoms with Crippen molar-refractivity contribution < 1.29 is 39.4 Å². The molecule has 3 heterocycles. The number of amides is 1. The van der Waals surface area contributed by atoms with Crippen LogP contribution in [0.25, 0.3) is 0 Å². The lowest BCUT2D eigenvalue weighted by Gasteiger charge is -2.50. The molecule has 4 aliphatic rings. The molecule has 0 spiro atoms. The van der Waals surface area contributed by atoms with Gasteiger partial charge in [-0.1, -0.05) is 0 Å². The standard InChI is InChI=1S/C28H53N7O8/c1-28(40)13-41-27(22(38)25(28)32-2)43-24-18(35-26(39)19(36)7-8-29)10-17(31)20(21(24)37)23-16(30)6-5-15(42-23)12-33-11-14-4-3-9-34-14/h5,14,16-25,27,32-34,36-38,40H,3-4,6-13,29-31H2,1-2H3,(H,35,39)/t14?,16-,17+,18-,19+,20-,21+,22-,23?,24+,25-,27-,28+/m1/s1. The fourth-order valence-electron chi connectivity index (χ4n) is 6.83. The molecule has 1 aliphatic carbocycles. The van der Waals surface area contributed by atoms with Crippen molar-refractivity contribution in [2.45, 2.75) is 112 Å². The summed E-state index contributed by atoms with van der Waals surface area (Å²) in [5, 5.41) is 56.3. The average Bonchev–Trinajstić information content (AvgIpc) is 3.47. The van der Waals surface area contributed by atoms with E-state index in [-0.39, 0.29) is 26.0 Å². The number of nitrogens with one attached hydrogen (secondary N) is 4. The number of nitrogens with two attached hydrogens (primary N) is 3. The first-order valence-electron chi connectivity index (χ1n) is 15.5. The molecule has 43 heavy (non-hydrogen) atoms. The minimum Gasteiger partial charge on any atom is -0.492 e. The van der Waals surface area contributed by atoms with Gasteiger partial charge in [0.25, 0.3) is 0 Å². The first-order chi connectivity index (χ1) is 20.5. The van der Waals surface area contributed by atoms with Crippen molar-refractivity contribution in [2.75, 3.05) is 39.8 Å². The van der Waals surface area contributed by atoms with E-state index >= 15 is 0 Å². The fraction of sp³-hybridized carbons (Fsp3) is 0.893.